The number of ether oxygens (including phenoxy) is 2. The zero-order chi connectivity index (χ0) is 27.3. The maximum atomic E-state index is 13.3. The number of methoxy groups -OCH3 is 1. The summed E-state index contributed by atoms with van der Waals surface area (Å²) < 4.78 is 52.9. The summed E-state index contributed by atoms with van der Waals surface area (Å²) >= 11 is 0. The summed E-state index contributed by atoms with van der Waals surface area (Å²) in [7, 11) is 1.41. The molecule has 0 aromatic carbocycles. The average molecular weight is 529 g/mol. The lowest BCUT2D eigenvalue weighted by Crippen LogP contribution is -2.31. The van der Waals surface area contributed by atoms with Crippen molar-refractivity contribution < 1.29 is 22.6 Å². The molecule has 0 bridgehead atoms. The van der Waals surface area contributed by atoms with Crippen LogP contribution in [0.2, 0.25) is 0 Å². The standard InChI is InChI=1S/C25H27F3N8O2/c1-15(34-20-3-5-31-6-4-20)23(35-30)17-8-21(24-18(9-29)11-33-36(24)13-17)38-22(14-37-2)16-7-19(12-32-10-16)25(26,27)28/h7-8,10-13,20,22,31H,3-6,14,30H2,1-2H3/b34-15?,35-23+. The molecular weight excluding hydrogens is 501 g/mol. The van der Waals surface area contributed by atoms with Gasteiger partial charge in [0.2, 0.25) is 0 Å². The molecule has 1 fully saturated rings. The molecule has 0 spiro atoms. The zero-order valence-corrected chi connectivity index (χ0v) is 20.9. The van der Waals surface area contributed by atoms with E-state index in [9.17, 15) is 18.4 Å². The Morgan fingerprint density at radius 1 is 1.29 bits per heavy atom. The Kier molecular flexibility index (Phi) is 8.23. The van der Waals surface area contributed by atoms with E-state index in [-0.39, 0.29) is 29.5 Å². The number of pyridine rings is 2. The first-order chi connectivity index (χ1) is 18.2. The second-order valence-corrected chi connectivity index (χ2v) is 8.80. The fourth-order valence-corrected chi connectivity index (χ4v) is 4.32. The molecule has 3 aromatic rings. The number of piperidine rings is 1. The van der Waals surface area contributed by atoms with Crippen molar-refractivity contribution in [2.24, 2.45) is 15.9 Å². The number of rotatable bonds is 8. The number of aliphatic imine (C=N–C) groups is 1. The van der Waals surface area contributed by atoms with Gasteiger partial charge in [0.05, 0.1) is 30.1 Å². The van der Waals surface area contributed by atoms with Gasteiger partial charge in [-0.15, -0.1) is 0 Å². The zero-order valence-electron chi connectivity index (χ0n) is 20.9. The summed E-state index contributed by atoms with van der Waals surface area (Å²) in [5.74, 6) is 5.96. The van der Waals surface area contributed by atoms with Crippen LogP contribution in [-0.2, 0) is 10.9 Å². The molecule has 200 valence electrons. The molecule has 0 aliphatic carbocycles. The fourth-order valence-electron chi connectivity index (χ4n) is 4.32. The van der Waals surface area contributed by atoms with Crippen LogP contribution in [0.3, 0.4) is 0 Å². The second-order valence-electron chi connectivity index (χ2n) is 8.80. The molecule has 4 heterocycles. The highest BCUT2D eigenvalue weighted by Gasteiger charge is 2.32. The number of alkyl halides is 3. The number of hydrogen-bond acceptors (Lipinski definition) is 9. The van der Waals surface area contributed by atoms with Crippen molar-refractivity contribution in [2.45, 2.75) is 38.1 Å². The predicted octanol–water partition coefficient (Wildman–Crippen LogP) is 3.26. The van der Waals surface area contributed by atoms with Crippen LogP contribution in [0.5, 0.6) is 5.75 Å². The molecule has 1 aliphatic heterocycles. The predicted molar refractivity (Wildman–Crippen MR) is 134 cm³/mol. The average Bonchev–Trinajstić information content (AvgIpc) is 3.32. The molecule has 10 nitrogen and oxygen atoms in total. The van der Waals surface area contributed by atoms with Crippen LogP contribution in [0, 0.1) is 11.3 Å². The van der Waals surface area contributed by atoms with Crippen molar-refractivity contribution in [3.63, 3.8) is 0 Å². The highest BCUT2D eigenvalue weighted by molar-refractivity contribution is 6.47. The van der Waals surface area contributed by atoms with Gasteiger partial charge in [-0.05, 0) is 45.0 Å². The lowest BCUT2D eigenvalue weighted by molar-refractivity contribution is -0.137. The lowest BCUT2D eigenvalue weighted by Gasteiger charge is -2.21. The van der Waals surface area contributed by atoms with Gasteiger partial charge in [-0.3, -0.25) is 9.98 Å². The normalized spacial score (nSPS) is 16.4. The van der Waals surface area contributed by atoms with Gasteiger partial charge in [0.15, 0.2) is 0 Å². The number of nitriles is 1. The van der Waals surface area contributed by atoms with Crippen LogP contribution < -0.4 is 15.9 Å². The molecule has 1 saturated heterocycles. The third kappa shape index (κ3) is 5.92. The van der Waals surface area contributed by atoms with Crippen LogP contribution in [-0.4, -0.2) is 58.9 Å². The Morgan fingerprint density at radius 3 is 2.71 bits per heavy atom. The van der Waals surface area contributed by atoms with Gasteiger partial charge in [0.25, 0.3) is 0 Å². The highest BCUT2D eigenvalue weighted by Crippen LogP contribution is 2.33. The Labute approximate surface area is 217 Å². The van der Waals surface area contributed by atoms with Gasteiger partial charge < -0.3 is 20.6 Å². The van der Waals surface area contributed by atoms with Crippen molar-refractivity contribution >= 4 is 16.9 Å². The number of nitrogens with zero attached hydrogens (tertiary/aromatic N) is 6. The molecular formula is C25H27F3N8O2. The molecule has 4 rings (SSSR count). The molecule has 0 amide bonds. The van der Waals surface area contributed by atoms with Gasteiger partial charge in [0.1, 0.15) is 34.7 Å². The molecule has 1 aliphatic rings. The number of hydrogen-bond donors (Lipinski definition) is 2. The monoisotopic (exact) mass is 528 g/mol. The molecule has 13 heteroatoms. The Bertz CT molecular complexity index is 1390. The quantitative estimate of drug-likeness (QED) is 0.260. The maximum absolute atomic E-state index is 13.3. The van der Waals surface area contributed by atoms with Crippen molar-refractivity contribution in [1.29, 1.82) is 5.26 Å². The molecule has 0 saturated carbocycles. The first-order valence-corrected chi connectivity index (χ1v) is 11.9. The molecule has 3 aromatic heterocycles. The number of nitrogens with one attached hydrogen (secondary N) is 1. The van der Waals surface area contributed by atoms with E-state index in [0.29, 0.717) is 22.5 Å². The lowest BCUT2D eigenvalue weighted by atomic mass is 10.0. The van der Waals surface area contributed by atoms with Crippen molar-refractivity contribution in [3.8, 4) is 11.8 Å². The first kappa shape index (κ1) is 27.0. The summed E-state index contributed by atoms with van der Waals surface area (Å²) in [5.41, 5.74) is 1.32. The van der Waals surface area contributed by atoms with Crippen LogP contribution in [0.4, 0.5) is 13.2 Å². The highest BCUT2D eigenvalue weighted by atomic mass is 19.4. The van der Waals surface area contributed by atoms with Gasteiger partial charge in [-0.25, -0.2) is 4.52 Å². The largest absolute Gasteiger partial charge is 0.481 e. The topological polar surface area (TPSA) is 135 Å². The third-order valence-electron chi connectivity index (χ3n) is 6.17. The van der Waals surface area contributed by atoms with E-state index in [2.05, 4.69) is 26.6 Å². The van der Waals surface area contributed by atoms with Gasteiger partial charge in [0, 0.05) is 36.8 Å². The third-order valence-corrected chi connectivity index (χ3v) is 6.17. The fraction of sp³-hybridized carbons (Fsp3) is 0.400. The van der Waals surface area contributed by atoms with Crippen LogP contribution >= 0.6 is 0 Å². The van der Waals surface area contributed by atoms with E-state index in [0.717, 1.165) is 38.2 Å². The van der Waals surface area contributed by atoms with E-state index in [1.165, 1.54) is 24.0 Å². The summed E-state index contributed by atoms with van der Waals surface area (Å²) in [5, 5.41) is 21.1. The minimum absolute atomic E-state index is 0.0799. The van der Waals surface area contributed by atoms with Gasteiger partial charge in [-0.2, -0.15) is 28.6 Å². The number of nitrogens with two attached hydrogens (primary N) is 1. The molecule has 3 N–H and O–H groups in total. The van der Waals surface area contributed by atoms with Crippen molar-refractivity contribution in [2.75, 3.05) is 26.8 Å². The van der Waals surface area contributed by atoms with Gasteiger partial charge >= 0.3 is 6.18 Å². The van der Waals surface area contributed by atoms with Crippen LogP contribution in [0.25, 0.3) is 5.52 Å². The number of hydrazone groups is 1. The molecule has 1 unspecified atom stereocenters. The maximum Gasteiger partial charge on any atom is 0.417 e. The summed E-state index contributed by atoms with van der Waals surface area (Å²) in [6.45, 7) is 3.47. The number of halogens is 3. The Hall–Kier alpha value is -4.02. The second kappa shape index (κ2) is 11.6. The first-order valence-electron chi connectivity index (χ1n) is 11.9. The van der Waals surface area contributed by atoms with E-state index in [1.54, 1.807) is 12.3 Å². The summed E-state index contributed by atoms with van der Waals surface area (Å²) in [4.78, 5) is 8.53. The minimum Gasteiger partial charge on any atom is -0.481 e. The molecule has 0 radical (unpaired) electrons. The SMILES string of the molecule is COCC(Oc1cc(/C(=N/N)C(C)=NC2CCNCC2)cn2ncc(C#N)c12)c1cncc(C(F)(F)F)c1. The van der Waals surface area contributed by atoms with E-state index in [1.807, 2.05) is 6.92 Å². The Balaban J connectivity index is 1.77. The van der Waals surface area contributed by atoms with Crippen LogP contribution in [0.15, 0.2) is 47.0 Å². The van der Waals surface area contributed by atoms with E-state index < -0.39 is 17.8 Å². The van der Waals surface area contributed by atoms with Gasteiger partial charge in [-0.1, -0.05) is 0 Å². The summed E-state index contributed by atoms with van der Waals surface area (Å²) in [6.07, 6.45) is 1.26. The number of aromatic nitrogens is 3. The Morgan fingerprint density at radius 2 is 2.05 bits per heavy atom. The number of fused-ring (bicyclic) bond motifs is 1. The minimum atomic E-state index is -4.58. The molecule has 38 heavy (non-hydrogen) atoms. The summed E-state index contributed by atoms with van der Waals surface area (Å²) in [6, 6.07) is 4.77. The van der Waals surface area contributed by atoms with E-state index in [4.69, 9.17) is 20.3 Å². The van der Waals surface area contributed by atoms with Crippen molar-refractivity contribution in [1.82, 2.24) is 19.9 Å². The van der Waals surface area contributed by atoms with Crippen LogP contribution in [0.1, 0.15) is 48.1 Å². The smallest absolute Gasteiger partial charge is 0.417 e. The molecule has 1 atom stereocenters. The van der Waals surface area contributed by atoms with Crippen molar-refractivity contribution in [3.05, 3.63) is 59.2 Å². The van der Waals surface area contributed by atoms with E-state index >= 15 is 0 Å².